The first-order valence-corrected chi connectivity index (χ1v) is 7.80. The average Bonchev–Trinajstić information content (AvgIpc) is 2.95. The lowest BCUT2D eigenvalue weighted by Crippen LogP contribution is -2.37. The van der Waals surface area contributed by atoms with Gasteiger partial charge in [-0.05, 0) is 54.0 Å². The molecule has 110 valence electrons. The number of nitrogens with one attached hydrogen (secondary N) is 1. The molecule has 0 saturated heterocycles. The topological polar surface area (TPSA) is 32.3 Å². The van der Waals surface area contributed by atoms with Gasteiger partial charge in [-0.1, -0.05) is 12.8 Å². The fourth-order valence-corrected chi connectivity index (χ4v) is 2.99. The molecular weight excluding hydrogens is 323 g/mol. The van der Waals surface area contributed by atoms with Crippen LogP contribution < -0.4 is 5.32 Å². The molecular formula is C15H20BrFN2O. The van der Waals surface area contributed by atoms with Crippen LogP contribution in [0.3, 0.4) is 0 Å². The molecule has 0 unspecified atom stereocenters. The van der Waals surface area contributed by atoms with Crippen molar-refractivity contribution in [2.45, 2.75) is 31.7 Å². The quantitative estimate of drug-likeness (QED) is 0.891. The first-order valence-electron chi connectivity index (χ1n) is 7.01. The monoisotopic (exact) mass is 342 g/mol. The van der Waals surface area contributed by atoms with E-state index in [2.05, 4.69) is 33.2 Å². The van der Waals surface area contributed by atoms with Gasteiger partial charge >= 0.3 is 0 Å². The van der Waals surface area contributed by atoms with Crippen LogP contribution >= 0.6 is 15.9 Å². The number of carbonyl (C=O) groups is 1. The second-order valence-electron chi connectivity index (χ2n) is 5.30. The number of hydrogen-bond donors (Lipinski definition) is 1. The molecule has 1 aromatic rings. The Labute approximate surface area is 127 Å². The number of nitrogens with zero attached hydrogens (tertiary/aromatic N) is 1. The van der Waals surface area contributed by atoms with Crippen molar-refractivity contribution in [1.29, 1.82) is 0 Å². The third-order valence-electron chi connectivity index (χ3n) is 3.88. The van der Waals surface area contributed by atoms with Crippen LogP contribution in [0.25, 0.3) is 0 Å². The van der Waals surface area contributed by atoms with Gasteiger partial charge in [-0.25, -0.2) is 4.39 Å². The number of halogens is 2. The number of carbonyl (C=O) groups excluding carboxylic acids is 1. The van der Waals surface area contributed by atoms with E-state index in [0.29, 0.717) is 22.6 Å². The van der Waals surface area contributed by atoms with Crippen LogP contribution in [0.15, 0.2) is 22.7 Å². The molecule has 1 aliphatic carbocycles. The second-order valence-corrected chi connectivity index (χ2v) is 6.16. The van der Waals surface area contributed by atoms with E-state index in [-0.39, 0.29) is 11.7 Å². The van der Waals surface area contributed by atoms with E-state index in [1.807, 2.05) is 0 Å². The minimum atomic E-state index is -0.359. The van der Waals surface area contributed by atoms with E-state index in [4.69, 9.17) is 0 Å². The van der Waals surface area contributed by atoms with Gasteiger partial charge in [0, 0.05) is 24.7 Å². The first kappa shape index (κ1) is 15.4. The molecule has 0 atom stereocenters. The summed E-state index contributed by atoms with van der Waals surface area (Å²) in [6, 6.07) is 4.96. The van der Waals surface area contributed by atoms with Crippen molar-refractivity contribution in [3.8, 4) is 0 Å². The molecule has 3 nitrogen and oxygen atoms in total. The van der Waals surface area contributed by atoms with E-state index >= 15 is 0 Å². The summed E-state index contributed by atoms with van der Waals surface area (Å²) in [7, 11) is 2.11. The number of likely N-dealkylation sites (N-methyl/N-ethyl adjacent to an activating group) is 1. The standard InChI is InChI=1S/C15H20BrFN2O/c1-19(12-4-2-3-5-12)9-8-18-15(20)11-6-7-14(17)13(16)10-11/h6-7,10,12H,2-5,8-9H2,1H3,(H,18,20). The lowest BCUT2D eigenvalue weighted by Gasteiger charge is -2.23. The maximum absolute atomic E-state index is 13.1. The van der Waals surface area contributed by atoms with Crippen LogP contribution in [0.4, 0.5) is 4.39 Å². The van der Waals surface area contributed by atoms with Crippen molar-refractivity contribution in [3.05, 3.63) is 34.1 Å². The predicted octanol–water partition coefficient (Wildman–Crippen LogP) is 3.19. The zero-order valence-corrected chi connectivity index (χ0v) is 13.2. The van der Waals surface area contributed by atoms with Crippen LogP contribution in [-0.4, -0.2) is 37.0 Å². The third kappa shape index (κ3) is 4.03. The van der Waals surface area contributed by atoms with Crippen LogP contribution in [0.5, 0.6) is 0 Å². The molecule has 1 fully saturated rings. The first-order chi connectivity index (χ1) is 9.58. The van der Waals surface area contributed by atoms with Gasteiger partial charge in [0.25, 0.3) is 5.91 Å². The fourth-order valence-electron chi connectivity index (χ4n) is 2.61. The lowest BCUT2D eigenvalue weighted by molar-refractivity contribution is 0.0947. The Bertz CT molecular complexity index is 475. The molecule has 1 saturated carbocycles. The molecule has 2 rings (SSSR count). The molecule has 5 heteroatoms. The molecule has 0 bridgehead atoms. The Morgan fingerprint density at radius 2 is 2.15 bits per heavy atom. The summed E-state index contributed by atoms with van der Waals surface area (Å²) < 4.78 is 13.4. The summed E-state index contributed by atoms with van der Waals surface area (Å²) >= 11 is 3.09. The molecule has 1 aromatic carbocycles. The van der Waals surface area contributed by atoms with E-state index in [9.17, 15) is 9.18 Å². The Hall–Kier alpha value is -0.940. The Morgan fingerprint density at radius 3 is 2.80 bits per heavy atom. The minimum absolute atomic E-state index is 0.162. The number of hydrogen-bond acceptors (Lipinski definition) is 2. The molecule has 0 aliphatic heterocycles. The predicted molar refractivity (Wildman–Crippen MR) is 81.3 cm³/mol. The highest BCUT2D eigenvalue weighted by molar-refractivity contribution is 9.10. The highest BCUT2D eigenvalue weighted by atomic mass is 79.9. The Morgan fingerprint density at radius 1 is 1.45 bits per heavy atom. The lowest BCUT2D eigenvalue weighted by atomic mass is 10.2. The summed E-state index contributed by atoms with van der Waals surface area (Å²) in [6.45, 7) is 1.46. The van der Waals surface area contributed by atoms with Crippen LogP contribution in [0, 0.1) is 5.82 Å². The Kier molecular flexibility index (Phi) is 5.54. The molecule has 1 aliphatic rings. The largest absolute Gasteiger partial charge is 0.351 e. The van der Waals surface area contributed by atoms with Gasteiger partial charge < -0.3 is 10.2 Å². The molecule has 0 heterocycles. The maximum Gasteiger partial charge on any atom is 0.251 e. The van der Waals surface area contributed by atoms with Crippen LogP contribution in [-0.2, 0) is 0 Å². The van der Waals surface area contributed by atoms with Crippen molar-refractivity contribution in [1.82, 2.24) is 10.2 Å². The van der Waals surface area contributed by atoms with Gasteiger partial charge in [-0.15, -0.1) is 0 Å². The summed E-state index contributed by atoms with van der Waals surface area (Å²) in [5.74, 6) is -0.520. The molecule has 0 radical (unpaired) electrons. The fraction of sp³-hybridized carbons (Fsp3) is 0.533. The summed E-state index contributed by atoms with van der Waals surface area (Å²) in [6.07, 6.45) is 5.14. The van der Waals surface area contributed by atoms with E-state index in [1.54, 1.807) is 0 Å². The highest BCUT2D eigenvalue weighted by Crippen LogP contribution is 2.21. The van der Waals surface area contributed by atoms with Gasteiger partial charge in [-0.2, -0.15) is 0 Å². The average molecular weight is 343 g/mol. The smallest absolute Gasteiger partial charge is 0.251 e. The van der Waals surface area contributed by atoms with Crippen molar-refractivity contribution in [3.63, 3.8) is 0 Å². The molecule has 0 aromatic heterocycles. The Balaban J connectivity index is 1.78. The number of rotatable bonds is 5. The third-order valence-corrected chi connectivity index (χ3v) is 4.49. The number of benzene rings is 1. The van der Waals surface area contributed by atoms with Gasteiger partial charge in [0.15, 0.2) is 0 Å². The number of amides is 1. The van der Waals surface area contributed by atoms with E-state index in [0.717, 1.165) is 6.54 Å². The van der Waals surface area contributed by atoms with Crippen LogP contribution in [0.2, 0.25) is 0 Å². The van der Waals surface area contributed by atoms with Crippen molar-refractivity contribution in [2.75, 3.05) is 20.1 Å². The van der Waals surface area contributed by atoms with Crippen molar-refractivity contribution < 1.29 is 9.18 Å². The normalized spacial score (nSPS) is 15.8. The van der Waals surface area contributed by atoms with Gasteiger partial charge in [0.05, 0.1) is 4.47 Å². The zero-order valence-electron chi connectivity index (χ0n) is 11.7. The van der Waals surface area contributed by atoms with Crippen LogP contribution in [0.1, 0.15) is 36.0 Å². The second kappa shape index (κ2) is 7.18. The summed E-state index contributed by atoms with van der Waals surface area (Å²) in [5, 5.41) is 2.88. The SMILES string of the molecule is CN(CCNC(=O)c1ccc(F)c(Br)c1)C1CCCC1. The molecule has 20 heavy (non-hydrogen) atoms. The van der Waals surface area contributed by atoms with Crippen molar-refractivity contribution in [2.24, 2.45) is 0 Å². The van der Waals surface area contributed by atoms with Crippen molar-refractivity contribution >= 4 is 21.8 Å². The highest BCUT2D eigenvalue weighted by Gasteiger charge is 2.19. The van der Waals surface area contributed by atoms with E-state index < -0.39 is 0 Å². The zero-order chi connectivity index (χ0) is 14.5. The molecule has 1 N–H and O–H groups in total. The maximum atomic E-state index is 13.1. The minimum Gasteiger partial charge on any atom is -0.351 e. The summed E-state index contributed by atoms with van der Waals surface area (Å²) in [4.78, 5) is 14.3. The summed E-state index contributed by atoms with van der Waals surface area (Å²) in [5.41, 5.74) is 0.474. The van der Waals surface area contributed by atoms with Gasteiger partial charge in [0.2, 0.25) is 0 Å². The van der Waals surface area contributed by atoms with Gasteiger partial charge in [-0.3, -0.25) is 4.79 Å². The van der Waals surface area contributed by atoms with Gasteiger partial charge in [0.1, 0.15) is 5.82 Å². The molecule has 0 spiro atoms. The molecule has 1 amide bonds. The van der Waals surface area contributed by atoms with E-state index in [1.165, 1.54) is 43.9 Å².